The van der Waals surface area contributed by atoms with E-state index in [1.54, 1.807) is 48.7 Å². The van der Waals surface area contributed by atoms with Crippen molar-refractivity contribution < 1.29 is 17.6 Å². The molecule has 8 rings (SSSR count). The van der Waals surface area contributed by atoms with Crippen molar-refractivity contribution in [2.45, 2.75) is 19.0 Å². The van der Waals surface area contributed by atoms with Gasteiger partial charge in [0.25, 0.3) is 0 Å². The maximum atomic E-state index is 14.6. The minimum absolute atomic E-state index is 0.326. The van der Waals surface area contributed by atoms with Gasteiger partial charge in [-0.3, -0.25) is 0 Å². The molecule has 0 N–H and O–H groups in total. The quantitative estimate of drug-likeness (QED) is 0.190. The summed E-state index contributed by atoms with van der Waals surface area (Å²) in [5.74, 6) is -0.356. The summed E-state index contributed by atoms with van der Waals surface area (Å²) in [6.07, 6.45) is -1.62. The number of furan rings is 1. The van der Waals surface area contributed by atoms with Gasteiger partial charge in [-0.05, 0) is 76.3 Å². The van der Waals surface area contributed by atoms with Gasteiger partial charge in [0.05, 0.1) is 29.0 Å². The van der Waals surface area contributed by atoms with Gasteiger partial charge in [0.1, 0.15) is 5.58 Å². The van der Waals surface area contributed by atoms with E-state index in [4.69, 9.17) is 9.52 Å². The Bertz CT molecular complexity index is 2050. The molecule has 45 heavy (non-hydrogen) atoms. The van der Waals surface area contributed by atoms with Crippen LogP contribution in [0.4, 0.5) is 35.9 Å². The number of fused-ring (bicyclic) bond motifs is 5. The Kier molecular flexibility index (Phi) is 6.30. The van der Waals surface area contributed by atoms with Crippen molar-refractivity contribution in [2.24, 2.45) is 10.2 Å². The Morgan fingerprint density at radius 2 is 1.11 bits per heavy atom. The van der Waals surface area contributed by atoms with Crippen LogP contribution in [0.25, 0.3) is 11.0 Å². The molecule has 0 radical (unpaired) electrons. The van der Waals surface area contributed by atoms with Gasteiger partial charge in [-0.1, -0.05) is 72.8 Å². The molecule has 1 aromatic heterocycles. The van der Waals surface area contributed by atoms with Crippen LogP contribution in [0.15, 0.2) is 136 Å². The molecule has 5 nitrogen and oxygen atoms in total. The highest BCUT2D eigenvalue weighted by Crippen LogP contribution is 2.41. The summed E-state index contributed by atoms with van der Waals surface area (Å²) in [5, 5.41) is 12.8. The average Bonchev–Trinajstić information content (AvgIpc) is 3.47. The monoisotopic (exact) mass is 598 g/mol. The van der Waals surface area contributed by atoms with E-state index >= 15 is 0 Å². The van der Waals surface area contributed by atoms with Crippen molar-refractivity contribution >= 4 is 45.6 Å². The second-order valence-corrected chi connectivity index (χ2v) is 11.1. The number of alkyl halides is 3. The summed E-state index contributed by atoms with van der Waals surface area (Å²) in [6.45, 7) is 0. The van der Waals surface area contributed by atoms with E-state index in [1.165, 1.54) is 22.2 Å². The fourth-order valence-corrected chi connectivity index (χ4v) is 6.10. The molecular formula is C37H25F3N4O. The third-order valence-corrected chi connectivity index (χ3v) is 8.21. The van der Waals surface area contributed by atoms with Crippen molar-refractivity contribution in [2.75, 3.05) is 10.0 Å². The van der Waals surface area contributed by atoms with Crippen LogP contribution in [0.3, 0.4) is 0 Å². The van der Waals surface area contributed by atoms with Gasteiger partial charge in [0, 0.05) is 18.2 Å². The summed E-state index contributed by atoms with van der Waals surface area (Å²) >= 11 is 0. The van der Waals surface area contributed by atoms with Crippen molar-refractivity contribution in [3.8, 4) is 0 Å². The van der Waals surface area contributed by atoms with Gasteiger partial charge >= 0.3 is 6.18 Å². The number of para-hydroxylation sites is 4. The third kappa shape index (κ3) is 4.84. The molecule has 6 aromatic rings. The van der Waals surface area contributed by atoms with E-state index in [0.717, 1.165) is 34.5 Å². The van der Waals surface area contributed by atoms with E-state index in [9.17, 15) is 13.2 Å². The molecule has 0 unspecified atom stereocenters. The first-order valence-corrected chi connectivity index (χ1v) is 14.6. The first-order valence-electron chi connectivity index (χ1n) is 14.6. The maximum Gasteiger partial charge on any atom is 0.438 e. The zero-order chi connectivity index (χ0) is 30.5. The SMILES string of the molecule is FC(F)(F)C(=NN1c2ccccc2Cc2ccccc21)c1cc2cc(C=NN3c4ccccc4Cc4ccccc43)ccc2o1. The van der Waals surface area contributed by atoms with Crippen LogP contribution in [0.1, 0.15) is 33.6 Å². The van der Waals surface area contributed by atoms with Crippen molar-refractivity contribution in [1.29, 1.82) is 0 Å². The minimum atomic E-state index is -4.77. The molecule has 8 heteroatoms. The van der Waals surface area contributed by atoms with Crippen LogP contribution < -0.4 is 10.0 Å². The molecular weight excluding hydrogens is 573 g/mol. The molecule has 2 aliphatic heterocycles. The van der Waals surface area contributed by atoms with Gasteiger partial charge in [0.2, 0.25) is 5.71 Å². The van der Waals surface area contributed by atoms with Crippen LogP contribution >= 0.6 is 0 Å². The molecule has 3 heterocycles. The summed E-state index contributed by atoms with van der Waals surface area (Å²) < 4.78 is 49.7. The lowest BCUT2D eigenvalue weighted by Crippen LogP contribution is -2.28. The van der Waals surface area contributed by atoms with Crippen LogP contribution in [0, 0.1) is 0 Å². The van der Waals surface area contributed by atoms with Gasteiger partial charge in [-0.15, -0.1) is 0 Å². The summed E-state index contributed by atoms with van der Waals surface area (Å²) in [7, 11) is 0. The molecule has 0 bridgehead atoms. The van der Waals surface area contributed by atoms with Crippen LogP contribution in [-0.2, 0) is 12.8 Å². The van der Waals surface area contributed by atoms with Crippen molar-refractivity contribution in [3.63, 3.8) is 0 Å². The number of benzene rings is 5. The lowest BCUT2D eigenvalue weighted by molar-refractivity contribution is -0.0590. The zero-order valence-electron chi connectivity index (χ0n) is 23.9. The second-order valence-electron chi connectivity index (χ2n) is 11.1. The first kappa shape index (κ1) is 27.0. The lowest BCUT2D eigenvalue weighted by atomic mass is 9.97. The standard InChI is InChI=1S/C37H25F3N4O/c38-37(39,40)36(42-44-32-15-7-3-11-27(32)21-28-12-4-8-16-33(28)44)35-22-29-19-24(17-18-34(29)45-35)23-41-43-30-13-5-1-9-25(30)20-26-10-2-6-14-31(26)43/h1-19,22-23H,20-21H2. The topological polar surface area (TPSA) is 44.3 Å². The number of halogens is 3. The van der Waals surface area contributed by atoms with E-state index in [1.807, 2.05) is 65.7 Å². The molecule has 0 saturated carbocycles. The second kappa shape index (κ2) is 10.5. The predicted octanol–water partition coefficient (Wildman–Crippen LogP) is 9.52. The fraction of sp³-hybridized carbons (Fsp3) is 0.0811. The lowest BCUT2D eigenvalue weighted by Gasteiger charge is -2.30. The molecule has 0 atom stereocenters. The number of rotatable bonds is 4. The highest BCUT2D eigenvalue weighted by atomic mass is 19.4. The molecule has 0 saturated heterocycles. The highest BCUT2D eigenvalue weighted by molar-refractivity contribution is 6.06. The molecule has 0 spiro atoms. The number of anilines is 4. The number of hydrogen-bond acceptors (Lipinski definition) is 5. The Labute approximate surface area is 257 Å². The van der Waals surface area contributed by atoms with Crippen molar-refractivity contribution in [3.05, 3.63) is 155 Å². The van der Waals surface area contributed by atoms with Crippen molar-refractivity contribution in [1.82, 2.24) is 0 Å². The summed E-state index contributed by atoms with van der Waals surface area (Å²) in [5.41, 5.74) is 7.26. The Morgan fingerprint density at radius 3 is 1.62 bits per heavy atom. The summed E-state index contributed by atoms with van der Waals surface area (Å²) in [6, 6.07) is 37.6. The number of nitrogens with zero attached hydrogens (tertiary/aromatic N) is 4. The maximum absolute atomic E-state index is 14.6. The van der Waals surface area contributed by atoms with E-state index in [0.29, 0.717) is 28.8 Å². The van der Waals surface area contributed by atoms with Gasteiger partial charge in [-0.25, -0.2) is 10.0 Å². The first-order chi connectivity index (χ1) is 21.9. The van der Waals surface area contributed by atoms with Crippen LogP contribution in [0.5, 0.6) is 0 Å². The number of hydrazone groups is 2. The summed E-state index contributed by atoms with van der Waals surface area (Å²) in [4.78, 5) is 0. The van der Waals surface area contributed by atoms with Crippen LogP contribution in [-0.4, -0.2) is 18.1 Å². The molecule has 2 aliphatic rings. The number of hydrogen-bond donors (Lipinski definition) is 0. The molecule has 0 amide bonds. The van der Waals surface area contributed by atoms with Crippen LogP contribution in [0.2, 0.25) is 0 Å². The highest BCUT2D eigenvalue weighted by Gasteiger charge is 2.41. The van der Waals surface area contributed by atoms with Gasteiger partial charge in [0.15, 0.2) is 5.76 Å². The minimum Gasteiger partial charge on any atom is -0.454 e. The Balaban J connectivity index is 1.17. The molecule has 5 aromatic carbocycles. The molecule has 0 aliphatic carbocycles. The molecule has 0 fully saturated rings. The fourth-order valence-electron chi connectivity index (χ4n) is 6.10. The normalized spacial score (nSPS) is 14.3. The zero-order valence-corrected chi connectivity index (χ0v) is 23.9. The van der Waals surface area contributed by atoms with E-state index in [2.05, 4.69) is 17.2 Å². The van der Waals surface area contributed by atoms with E-state index < -0.39 is 11.9 Å². The third-order valence-electron chi connectivity index (χ3n) is 8.21. The predicted molar refractivity (Wildman–Crippen MR) is 172 cm³/mol. The molecule has 220 valence electrons. The average molecular weight is 599 g/mol. The van der Waals surface area contributed by atoms with Gasteiger partial charge < -0.3 is 4.42 Å². The largest absolute Gasteiger partial charge is 0.454 e. The Morgan fingerprint density at radius 1 is 0.622 bits per heavy atom. The smallest absolute Gasteiger partial charge is 0.438 e. The Hall–Kier alpha value is -5.63. The van der Waals surface area contributed by atoms with E-state index in [-0.39, 0.29) is 5.76 Å². The van der Waals surface area contributed by atoms with Gasteiger partial charge in [-0.2, -0.15) is 23.4 Å².